The molecule has 0 unspecified atom stereocenters. The third-order valence-electron chi connectivity index (χ3n) is 4.81. The predicted molar refractivity (Wildman–Crippen MR) is 120 cm³/mol. The molecule has 7 nitrogen and oxygen atoms in total. The van der Waals surface area contributed by atoms with E-state index in [9.17, 15) is 14.9 Å². The van der Waals surface area contributed by atoms with E-state index in [1.54, 1.807) is 68.6 Å². The molecule has 2 aromatic carbocycles. The van der Waals surface area contributed by atoms with Crippen molar-refractivity contribution >= 4 is 22.8 Å². The number of nitriles is 1. The number of ether oxygens (including phenoxy) is 2. The summed E-state index contributed by atoms with van der Waals surface area (Å²) in [5.74, 6) is -0.510. The maximum absolute atomic E-state index is 12.7. The number of amides is 1. The van der Waals surface area contributed by atoms with Gasteiger partial charge in [-0.3, -0.25) is 4.79 Å². The summed E-state index contributed by atoms with van der Waals surface area (Å²) in [6, 6.07) is 14.5. The monoisotopic (exact) mass is 421 g/mol. The number of carbonyl (C=O) groups is 2. The van der Waals surface area contributed by atoms with Gasteiger partial charge in [-0.1, -0.05) is 7.43 Å². The fraction of sp³-hybridized carbons (Fsp3) is 0.292. The molecule has 0 aliphatic carbocycles. The normalized spacial score (nSPS) is 10.3. The van der Waals surface area contributed by atoms with Gasteiger partial charge < -0.3 is 18.9 Å². The summed E-state index contributed by atoms with van der Waals surface area (Å²) in [6.07, 6.45) is 1.73. The highest BCUT2D eigenvalue weighted by atomic mass is 16.5. The minimum absolute atomic E-state index is 0. The van der Waals surface area contributed by atoms with E-state index in [1.807, 2.05) is 10.6 Å². The maximum atomic E-state index is 12.7. The molecule has 1 amide bonds. The van der Waals surface area contributed by atoms with Crippen LogP contribution in [0.2, 0.25) is 0 Å². The van der Waals surface area contributed by atoms with Crippen LogP contribution in [-0.4, -0.2) is 55.3 Å². The molecule has 0 spiro atoms. The van der Waals surface area contributed by atoms with Crippen molar-refractivity contribution in [1.82, 2.24) is 9.47 Å². The van der Waals surface area contributed by atoms with Crippen LogP contribution in [0.3, 0.4) is 0 Å². The number of nitrogens with zero attached hydrogens (tertiary/aromatic N) is 3. The third-order valence-corrected chi connectivity index (χ3v) is 4.81. The molecule has 3 aromatic rings. The van der Waals surface area contributed by atoms with Crippen molar-refractivity contribution in [1.29, 1.82) is 5.26 Å². The van der Waals surface area contributed by atoms with Crippen molar-refractivity contribution in [3.8, 4) is 11.8 Å². The molecule has 1 heterocycles. The van der Waals surface area contributed by atoms with Crippen molar-refractivity contribution in [2.75, 3.05) is 33.9 Å². The fourth-order valence-electron chi connectivity index (χ4n) is 3.19. The Balaban J connectivity index is 0.00000341. The van der Waals surface area contributed by atoms with Gasteiger partial charge in [0.05, 0.1) is 29.9 Å². The smallest absolute Gasteiger partial charge is 0.338 e. The molecule has 0 aliphatic heterocycles. The lowest BCUT2D eigenvalue weighted by Crippen LogP contribution is -2.29. The number of aromatic nitrogens is 1. The minimum atomic E-state index is -0.375. The standard InChI is InChI=1S/C23H23N3O4.CH4/c1-4-30-23(28)16-5-8-19(9-6-16)26-15-18(14-24)20-13-17(7-10-21(20)26)22(27)25(2)11-12-29-3;/h5-10,13,15H,4,11-12H2,1-3H3;1H4. The van der Waals surface area contributed by atoms with E-state index in [0.29, 0.717) is 41.8 Å². The highest BCUT2D eigenvalue weighted by Crippen LogP contribution is 2.26. The number of carbonyl (C=O) groups excluding carboxylic acids is 2. The molecule has 162 valence electrons. The van der Waals surface area contributed by atoms with Gasteiger partial charge in [-0.05, 0) is 49.4 Å². The summed E-state index contributed by atoms with van der Waals surface area (Å²) in [5, 5.41) is 10.3. The van der Waals surface area contributed by atoms with Crippen molar-refractivity contribution < 1.29 is 19.1 Å². The Morgan fingerprint density at radius 1 is 1.13 bits per heavy atom. The number of likely N-dealkylation sites (N-methyl/N-ethyl adjacent to an activating group) is 1. The Bertz CT molecular complexity index is 1110. The molecule has 3 rings (SSSR count). The molecule has 0 bridgehead atoms. The van der Waals surface area contributed by atoms with Crippen LogP contribution in [0.5, 0.6) is 0 Å². The van der Waals surface area contributed by atoms with Gasteiger partial charge >= 0.3 is 5.97 Å². The number of hydrogen-bond donors (Lipinski definition) is 0. The summed E-state index contributed by atoms with van der Waals surface area (Å²) in [4.78, 5) is 26.1. The first-order chi connectivity index (χ1) is 14.5. The van der Waals surface area contributed by atoms with E-state index in [0.717, 1.165) is 11.2 Å². The zero-order valence-corrected chi connectivity index (χ0v) is 17.2. The molecule has 0 N–H and O–H groups in total. The van der Waals surface area contributed by atoms with Gasteiger partial charge in [-0.25, -0.2) is 4.79 Å². The fourth-order valence-corrected chi connectivity index (χ4v) is 3.19. The molecular weight excluding hydrogens is 394 g/mol. The zero-order chi connectivity index (χ0) is 21.7. The Hall–Kier alpha value is -3.63. The molecule has 0 fully saturated rings. The van der Waals surface area contributed by atoms with Crippen LogP contribution in [0.1, 0.15) is 40.6 Å². The average Bonchev–Trinajstić information content (AvgIpc) is 3.15. The molecule has 0 radical (unpaired) electrons. The lowest BCUT2D eigenvalue weighted by Gasteiger charge is -2.16. The topological polar surface area (TPSA) is 84.6 Å². The van der Waals surface area contributed by atoms with Crippen molar-refractivity contribution in [2.24, 2.45) is 0 Å². The lowest BCUT2D eigenvalue weighted by molar-refractivity contribution is 0.0526. The summed E-state index contributed by atoms with van der Waals surface area (Å²) in [5.41, 5.74) is 3.03. The van der Waals surface area contributed by atoms with Gasteiger partial charge in [0, 0.05) is 43.5 Å². The van der Waals surface area contributed by atoms with E-state index < -0.39 is 0 Å². The molecule has 1 aromatic heterocycles. The van der Waals surface area contributed by atoms with Gasteiger partial charge in [0.15, 0.2) is 0 Å². The van der Waals surface area contributed by atoms with Crippen LogP contribution in [0, 0.1) is 11.3 Å². The third kappa shape index (κ3) is 4.93. The quantitative estimate of drug-likeness (QED) is 0.538. The molecule has 31 heavy (non-hydrogen) atoms. The van der Waals surface area contributed by atoms with Crippen LogP contribution >= 0.6 is 0 Å². The first kappa shape index (κ1) is 23.6. The zero-order valence-electron chi connectivity index (χ0n) is 17.2. The van der Waals surface area contributed by atoms with E-state index in [1.165, 1.54) is 0 Å². The van der Waals surface area contributed by atoms with Crippen LogP contribution in [-0.2, 0) is 9.47 Å². The van der Waals surface area contributed by atoms with Crippen LogP contribution in [0.15, 0.2) is 48.7 Å². The SMILES string of the molecule is C.CCOC(=O)c1ccc(-n2cc(C#N)c3cc(C(=O)N(C)CCOC)ccc32)cc1. The molecule has 0 atom stereocenters. The highest BCUT2D eigenvalue weighted by molar-refractivity contribution is 6.00. The number of hydrogen-bond acceptors (Lipinski definition) is 5. The molecule has 0 aliphatic rings. The van der Waals surface area contributed by atoms with E-state index >= 15 is 0 Å². The number of methoxy groups -OCH3 is 1. The summed E-state index contributed by atoms with van der Waals surface area (Å²) >= 11 is 0. The lowest BCUT2D eigenvalue weighted by atomic mass is 10.1. The van der Waals surface area contributed by atoms with Crippen LogP contribution in [0.4, 0.5) is 0 Å². The van der Waals surface area contributed by atoms with Crippen molar-refractivity contribution in [2.45, 2.75) is 14.4 Å². The van der Waals surface area contributed by atoms with E-state index in [4.69, 9.17) is 9.47 Å². The Kier molecular flexibility index (Phi) is 7.94. The van der Waals surface area contributed by atoms with Crippen molar-refractivity contribution in [3.63, 3.8) is 0 Å². The largest absolute Gasteiger partial charge is 0.462 e. The summed E-state index contributed by atoms with van der Waals surface area (Å²) in [6.45, 7) is 3.00. The Labute approximate surface area is 182 Å². The Morgan fingerprint density at radius 3 is 2.42 bits per heavy atom. The number of rotatable bonds is 7. The number of benzene rings is 2. The Morgan fingerprint density at radius 2 is 1.81 bits per heavy atom. The number of esters is 1. The summed E-state index contributed by atoms with van der Waals surface area (Å²) < 4.78 is 11.9. The van der Waals surface area contributed by atoms with Gasteiger partial charge in [0.25, 0.3) is 5.91 Å². The van der Waals surface area contributed by atoms with Gasteiger partial charge in [-0.2, -0.15) is 5.26 Å². The minimum Gasteiger partial charge on any atom is -0.462 e. The van der Waals surface area contributed by atoms with Gasteiger partial charge in [0.2, 0.25) is 0 Å². The van der Waals surface area contributed by atoms with Gasteiger partial charge in [0.1, 0.15) is 6.07 Å². The molecule has 0 saturated heterocycles. The number of fused-ring (bicyclic) bond motifs is 1. The molecular formula is C24H27N3O4. The second-order valence-electron chi connectivity index (χ2n) is 6.74. The first-order valence-electron chi connectivity index (χ1n) is 9.57. The molecule has 0 saturated carbocycles. The van der Waals surface area contributed by atoms with E-state index in [2.05, 4.69) is 6.07 Å². The first-order valence-corrected chi connectivity index (χ1v) is 9.57. The van der Waals surface area contributed by atoms with E-state index in [-0.39, 0.29) is 19.3 Å². The molecule has 7 heteroatoms. The van der Waals surface area contributed by atoms with Crippen LogP contribution in [0.25, 0.3) is 16.6 Å². The second-order valence-corrected chi connectivity index (χ2v) is 6.74. The predicted octanol–water partition coefficient (Wildman–Crippen LogP) is 4.03. The van der Waals surface area contributed by atoms with Crippen LogP contribution < -0.4 is 0 Å². The van der Waals surface area contributed by atoms with Crippen molar-refractivity contribution in [3.05, 3.63) is 65.4 Å². The second kappa shape index (κ2) is 10.4. The van der Waals surface area contributed by atoms with Gasteiger partial charge in [-0.15, -0.1) is 0 Å². The highest BCUT2D eigenvalue weighted by Gasteiger charge is 2.16. The summed E-state index contributed by atoms with van der Waals surface area (Å²) in [7, 11) is 3.30. The maximum Gasteiger partial charge on any atom is 0.338 e. The average molecular weight is 421 g/mol.